The minimum atomic E-state index is -0.147. The van der Waals surface area contributed by atoms with Gasteiger partial charge in [0.05, 0.1) is 6.04 Å². The largest absolute Gasteiger partial charge is 0.398 e. The van der Waals surface area contributed by atoms with Gasteiger partial charge in [-0.15, -0.1) is 0 Å². The Morgan fingerprint density at radius 2 is 1.60 bits per heavy atom. The Bertz CT molecular complexity index is 638. The van der Waals surface area contributed by atoms with Crippen molar-refractivity contribution in [2.24, 2.45) is 5.84 Å². The van der Waals surface area contributed by atoms with Crippen LogP contribution in [0.15, 0.2) is 30.3 Å². The Morgan fingerprint density at radius 1 is 0.950 bits per heavy atom. The van der Waals surface area contributed by atoms with E-state index in [1.54, 1.807) is 6.07 Å². The highest BCUT2D eigenvalue weighted by Crippen LogP contribution is 2.31. The minimum Gasteiger partial charge on any atom is -0.398 e. The number of nitrogens with two attached hydrogens (primary N) is 2. The van der Waals surface area contributed by atoms with Gasteiger partial charge in [-0.05, 0) is 60.7 Å². The molecule has 1 atom stereocenters. The van der Waals surface area contributed by atoms with E-state index in [1.165, 1.54) is 16.7 Å². The van der Waals surface area contributed by atoms with E-state index in [-0.39, 0.29) is 6.04 Å². The molecule has 1 unspecified atom stereocenters. The quantitative estimate of drug-likeness (QED) is 0.461. The normalized spacial score (nSPS) is 12.4. The Kier molecular flexibility index (Phi) is 4.33. The molecule has 3 nitrogen and oxygen atoms in total. The van der Waals surface area contributed by atoms with Crippen molar-refractivity contribution in [2.45, 2.75) is 26.8 Å². The molecule has 0 bridgehead atoms. The SMILES string of the molecule is Cc1cc(C)c(C(NN)c2ccc(Cl)cc2N)cc1C. The summed E-state index contributed by atoms with van der Waals surface area (Å²) in [5, 5.41) is 0.624. The van der Waals surface area contributed by atoms with E-state index >= 15 is 0 Å². The summed E-state index contributed by atoms with van der Waals surface area (Å²) in [6.07, 6.45) is 0. The van der Waals surface area contributed by atoms with Crippen LogP contribution in [0.5, 0.6) is 0 Å². The van der Waals surface area contributed by atoms with Gasteiger partial charge in [0.2, 0.25) is 0 Å². The summed E-state index contributed by atoms with van der Waals surface area (Å²) in [7, 11) is 0. The van der Waals surface area contributed by atoms with Crippen molar-refractivity contribution >= 4 is 17.3 Å². The second-order valence-corrected chi connectivity index (χ2v) is 5.60. The third-order valence-electron chi connectivity index (χ3n) is 3.72. The second kappa shape index (κ2) is 5.83. The maximum absolute atomic E-state index is 6.07. The van der Waals surface area contributed by atoms with Crippen LogP contribution >= 0.6 is 11.6 Å². The molecule has 20 heavy (non-hydrogen) atoms. The standard InChI is InChI=1S/C16H20ClN3/c1-9-6-11(3)14(7-10(9)2)16(20-19)13-5-4-12(17)8-15(13)18/h4-8,16,20H,18-19H2,1-3H3. The van der Waals surface area contributed by atoms with Crippen LogP contribution in [0, 0.1) is 20.8 Å². The van der Waals surface area contributed by atoms with Gasteiger partial charge in [0.1, 0.15) is 0 Å². The summed E-state index contributed by atoms with van der Waals surface area (Å²) in [5.41, 5.74) is 15.3. The van der Waals surface area contributed by atoms with Gasteiger partial charge in [0.25, 0.3) is 0 Å². The monoisotopic (exact) mass is 289 g/mol. The minimum absolute atomic E-state index is 0.147. The number of halogens is 1. The highest BCUT2D eigenvalue weighted by atomic mass is 35.5. The molecule has 5 N–H and O–H groups in total. The maximum Gasteiger partial charge on any atom is 0.0732 e. The zero-order chi connectivity index (χ0) is 14.9. The first-order valence-electron chi connectivity index (χ1n) is 6.53. The van der Waals surface area contributed by atoms with Crippen LogP contribution in [-0.4, -0.2) is 0 Å². The summed E-state index contributed by atoms with van der Waals surface area (Å²) in [6.45, 7) is 6.28. The van der Waals surface area contributed by atoms with Gasteiger partial charge in [0, 0.05) is 10.7 Å². The molecule has 0 aliphatic rings. The van der Waals surface area contributed by atoms with E-state index in [9.17, 15) is 0 Å². The van der Waals surface area contributed by atoms with E-state index in [0.717, 1.165) is 11.1 Å². The lowest BCUT2D eigenvalue weighted by Crippen LogP contribution is -2.30. The number of nitrogens with one attached hydrogen (secondary N) is 1. The zero-order valence-electron chi connectivity index (χ0n) is 12.0. The molecule has 0 aliphatic heterocycles. The van der Waals surface area contributed by atoms with Gasteiger partial charge in [-0.2, -0.15) is 0 Å². The molecule has 2 rings (SSSR count). The van der Waals surface area contributed by atoms with Crippen molar-refractivity contribution in [1.82, 2.24) is 5.43 Å². The number of hydrazine groups is 1. The molecule has 2 aromatic carbocycles. The molecule has 0 fully saturated rings. The van der Waals surface area contributed by atoms with E-state index < -0.39 is 0 Å². The number of hydrogen-bond donors (Lipinski definition) is 3. The maximum atomic E-state index is 6.07. The Labute approximate surface area is 124 Å². The van der Waals surface area contributed by atoms with Crippen molar-refractivity contribution in [2.75, 3.05) is 5.73 Å². The molecule has 0 aromatic heterocycles. The molecule has 0 radical (unpaired) electrons. The van der Waals surface area contributed by atoms with Crippen LogP contribution in [0.4, 0.5) is 5.69 Å². The Balaban J connectivity index is 2.55. The molecule has 0 spiro atoms. The summed E-state index contributed by atoms with van der Waals surface area (Å²) >= 11 is 5.96. The van der Waals surface area contributed by atoms with Gasteiger partial charge in [-0.3, -0.25) is 5.84 Å². The lowest BCUT2D eigenvalue weighted by atomic mass is 9.91. The molecule has 0 aliphatic carbocycles. The topological polar surface area (TPSA) is 64.1 Å². The van der Waals surface area contributed by atoms with E-state index in [4.69, 9.17) is 23.2 Å². The fourth-order valence-corrected chi connectivity index (χ4v) is 2.63. The van der Waals surface area contributed by atoms with Gasteiger partial charge < -0.3 is 5.73 Å². The van der Waals surface area contributed by atoms with Crippen molar-refractivity contribution in [3.05, 3.63) is 63.2 Å². The first kappa shape index (κ1) is 14.9. The molecular weight excluding hydrogens is 270 g/mol. The second-order valence-electron chi connectivity index (χ2n) is 5.17. The van der Waals surface area contributed by atoms with Gasteiger partial charge in [0.15, 0.2) is 0 Å². The molecule has 0 saturated heterocycles. The lowest BCUT2D eigenvalue weighted by Gasteiger charge is -2.22. The Morgan fingerprint density at radius 3 is 2.20 bits per heavy atom. The van der Waals surface area contributed by atoms with Crippen LogP contribution in [0.1, 0.15) is 33.9 Å². The van der Waals surface area contributed by atoms with Crippen molar-refractivity contribution < 1.29 is 0 Å². The predicted octanol–water partition coefficient (Wildman–Crippen LogP) is 3.40. The molecule has 106 valence electrons. The number of rotatable bonds is 3. The highest BCUT2D eigenvalue weighted by molar-refractivity contribution is 6.30. The molecule has 0 amide bonds. The Hall–Kier alpha value is -1.55. The molecule has 0 saturated carbocycles. The number of benzene rings is 2. The third-order valence-corrected chi connectivity index (χ3v) is 3.95. The number of aryl methyl sites for hydroxylation is 3. The van der Waals surface area contributed by atoms with Crippen LogP contribution in [0.25, 0.3) is 0 Å². The van der Waals surface area contributed by atoms with Gasteiger partial charge in [-0.25, -0.2) is 5.43 Å². The first-order chi connectivity index (χ1) is 9.43. The van der Waals surface area contributed by atoms with E-state index in [1.807, 2.05) is 12.1 Å². The molecule has 0 heterocycles. The van der Waals surface area contributed by atoms with Crippen LogP contribution in [-0.2, 0) is 0 Å². The van der Waals surface area contributed by atoms with Crippen molar-refractivity contribution in [3.8, 4) is 0 Å². The predicted molar refractivity (Wildman–Crippen MR) is 85.7 cm³/mol. The van der Waals surface area contributed by atoms with Crippen LogP contribution < -0.4 is 17.0 Å². The van der Waals surface area contributed by atoms with E-state index in [2.05, 4.69) is 38.3 Å². The fourth-order valence-electron chi connectivity index (χ4n) is 2.45. The summed E-state index contributed by atoms with van der Waals surface area (Å²) in [6, 6.07) is 9.67. The lowest BCUT2D eigenvalue weighted by molar-refractivity contribution is 0.634. The summed E-state index contributed by atoms with van der Waals surface area (Å²) in [4.78, 5) is 0. The average Bonchev–Trinajstić information content (AvgIpc) is 2.38. The van der Waals surface area contributed by atoms with Crippen molar-refractivity contribution in [3.63, 3.8) is 0 Å². The summed E-state index contributed by atoms with van der Waals surface area (Å²) in [5.74, 6) is 5.76. The third kappa shape index (κ3) is 2.80. The number of hydrogen-bond acceptors (Lipinski definition) is 3. The average molecular weight is 290 g/mol. The molecule has 2 aromatic rings. The zero-order valence-corrected chi connectivity index (χ0v) is 12.8. The fraction of sp³-hybridized carbons (Fsp3) is 0.250. The van der Waals surface area contributed by atoms with Gasteiger partial charge >= 0.3 is 0 Å². The van der Waals surface area contributed by atoms with Crippen molar-refractivity contribution in [1.29, 1.82) is 0 Å². The molecule has 4 heteroatoms. The number of nitrogen functional groups attached to an aromatic ring is 1. The van der Waals surface area contributed by atoms with E-state index in [0.29, 0.717) is 10.7 Å². The van der Waals surface area contributed by atoms with Crippen LogP contribution in [0.2, 0.25) is 5.02 Å². The van der Waals surface area contributed by atoms with Crippen LogP contribution in [0.3, 0.4) is 0 Å². The number of anilines is 1. The smallest absolute Gasteiger partial charge is 0.0732 e. The molecular formula is C16H20ClN3. The van der Waals surface area contributed by atoms with Gasteiger partial charge in [-0.1, -0.05) is 29.8 Å². The highest BCUT2D eigenvalue weighted by Gasteiger charge is 2.18. The first-order valence-corrected chi connectivity index (χ1v) is 6.90. The summed E-state index contributed by atoms with van der Waals surface area (Å²) < 4.78 is 0.